The molecule has 0 saturated heterocycles. The van der Waals surface area contributed by atoms with Gasteiger partial charge >= 0.3 is 0 Å². The molecule has 0 spiro atoms. The van der Waals surface area contributed by atoms with Gasteiger partial charge in [0.15, 0.2) is 0 Å². The van der Waals surface area contributed by atoms with Crippen LogP contribution in [0, 0.1) is 0 Å². The van der Waals surface area contributed by atoms with Crippen molar-refractivity contribution in [3.63, 3.8) is 0 Å². The van der Waals surface area contributed by atoms with E-state index in [0.717, 1.165) is 5.56 Å². The van der Waals surface area contributed by atoms with Crippen LogP contribution < -0.4 is 5.32 Å². The molecule has 0 fully saturated rings. The van der Waals surface area contributed by atoms with Gasteiger partial charge in [0, 0.05) is 11.8 Å². The maximum Gasteiger partial charge on any atom is 0.222 e. The minimum absolute atomic E-state index is 0.190. The Labute approximate surface area is 130 Å². The van der Waals surface area contributed by atoms with Gasteiger partial charge in [-0.05, 0) is 23.8 Å². The number of hydrogen-bond acceptors (Lipinski definition) is 3. The quantitative estimate of drug-likeness (QED) is 0.944. The second kappa shape index (κ2) is 6.03. The van der Waals surface area contributed by atoms with Gasteiger partial charge in [0.2, 0.25) is 9.84 Å². The SMILES string of the molecule is O=S(=O)(C1=C(c2ccccc2)C=CC=CN1)c1ccccc1. The molecule has 3 rings (SSSR count). The molecule has 3 nitrogen and oxygen atoms in total. The summed E-state index contributed by atoms with van der Waals surface area (Å²) < 4.78 is 25.9. The number of allylic oxidation sites excluding steroid dienone is 4. The fourth-order valence-corrected chi connectivity index (χ4v) is 3.72. The van der Waals surface area contributed by atoms with Gasteiger partial charge in [0.1, 0.15) is 5.03 Å². The van der Waals surface area contributed by atoms with Crippen molar-refractivity contribution < 1.29 is 8.42 Å². The van der Waals surface area contributed by atoms with Crippen LogP contribution in [0.25, 0.3) is 5.57 Å². The molecule has 4 heteroatoms. The molecule has 22 heavy (non-hydrogen) atoms. The third kappa shape index (κ3) is 2.73. The van der Waals surface area contributed by atoms with E-state index in [4.69, 9.17) is 0 Å². The van der Waals surface area contributed by atoms with Crippen LogP contribution in [0.15, 0.2) is 95.0 Å². The summed E-state index contributed by atoms with van der Waals surface area (Å²) in [6.07, 6.45) is 7.03. The van der Waals surface area contributed by atoms with Crippen molar-refractivity contribution in [1.29, 1.82) is 0 Å². The van der Waals surface area contributed by atoms with Crippen molar-refractivity contribution in [3.05, 3.63) is 95.7 Å². The molecule has 1 aliphatic rings. The summed E-state index contributed by atoms with van der Waals surface area (Å²) in [5, 5.41) is 3.11. The third-order valence-electron chi connectivity index (χ3n) is 3.34. The van der Waals surface area contributed by atoms with Crippen LogP contribution in [0.4, 0.5) is 0 Å². The van der Waals surface area contributed by atoms with E-state index in [0.29, 0.717) is 5.57 Å². The molecule has 0 bridgehead atoms. The normalized spacial score (nSPS) is 14.5. The molecule has 0 atom stereocenters. The second-order valence-electron chi connectivity index (χ2n) is 4.79. The van der Waals surface area contributed by atoms with Gasteiger partial charge in [-0.2, -0.15) is 0 Å². The van der Waals surface area contributed by atoms with E-state index in [1.165, 1.54) is 0 Å². The maximum absolute atomic E-state index is 12.9. The number of hydrogen-bond donors (Lipinski definition) is 1. The molecule has 0 amide bonds. The fraction of sp³-hybridized carbons (Fsp3) is 0. The Morgan fingerprint density at radius 1 is 0.773 bits per heavy atom. The lowest BCUT2D eigenvalue weighted by Crippen LogP contribution is -2.17. The van der Waals surface area contributed by atoms with Gasteiger partial charge in [-0.1, -0.05) is 60.7 Å². The highest BCUT2D eigenvalue weighted by Gasteiger charge is 2.24. The topological polar surface area (TPSA) is 46.2 Å². The molecule has 110 valence electrons. The molecule has 2 aromatic carbocycles. The van der Waals surface area contributed by atoms with Gasteiger partial charge in [-0.15, -0.1) is 0 Å². The Morgan fingerprint density at radius 3 is 2.09 bits per heavy atom. The Bertz CT molecular complexity index is 848. The van der Waals surface area contributed by atoms with Crippen molar-refractivity contribution in [3.8, 4) is 0 Å². The highest BCUT2D eigenvalue weighted by molar-refractivity contribution is 7.95. The van der Waals surface area contributed by atoms with E-state index in [9.17, 15) is 8.42 Å². The first kappa shape index (κ1) is 14.4. The number of sulfone groups is 1. The molecule has 1 aliphatic heterocycles. The van der Waals surface area contributed by atoms with Gasteiger partial charge in [0.05, 0.1) is 4.90 Å². The minimum Gasteiger partial charge on any atom is -0.352 e. The zero-order valence-corrected chi connectivity index (χ0v) is 12.6. The first-order valence-corrected chi connectivity index (χ1v) is 8.37. The summed E-state index contributed by atoms with van der Waals surface area (Å²) in [7, 11) is -3.62. The molecule has 1 N–H and O–H groups in total. The first-order chi connectivity index (χ1) is 10.7. The monoisotopic (exact) mass is 309 g/mol. The maximum atomic E-state index is 12.9. The molecule has 0 aliphatic carbocycles. The van der Waals surface area contributed by atoms with E-state index in [2.05, 4.69) is 5.32 Å². The van der Waals surface area contributed by atoms with E-state index >= 15 is 0 Å². The first-order valence-electron chi connectivity index (χ1n) is 6.89. The lowest BCUT2D eigenvalue weighted by atomic mass is 10.1. The summed E-state index contributed by atoms with van der Waals surface area (Å²) >= 11 is 0. The minimum atomic E-state index is -3.62. The Balaban J connectivity index is 2.22. The average Bonchev–Trinajstić information content (AvgIpc) is 2.83. The molecular formula is C18H15NO2S. The van der Waals surface area contributed by atoms with Gasteiger partial charge < -0.3 is 5.32 Å². The van der Waals surface area contributed by atoms with Crippen LogP contribution in [0.1, 0.15) is 5.56 Å². The largest absolute Gasteiger partial charge is 0.352 e. The fourth-order valence-electron chi connectivity index (χ4n) is 2.27. The highest BCUT2D eigenvalue weighted by Crippen LogP contribution is 2.27. The smallest absolute Gasteiger partial charge is 0.222 e. The van der Waals surface area contributed by atoms with Gasteiger partial charge in [-0.3, -0.25) is 0 Å². The lowest BCUT2D eigenvalue weighted by molar-refractivity contribution is 0.600. The van der Waals surface area contributed by atoms with E-state index in [1.807, 2.05) is 42.5 Å². The van der Waals surface area contributed by atoms with E-state index in [-0.39, 0.29) is 9.92 Å². The highest BCUT2D eigenvalue weighted by atomic mass is 32.2. The zero-order valence-electron chi connectivity index (χ0n) is 11.8. The average molecular weight is 309 g/mol. The van der Waals surface area contributed by atoms with Crippen molar-refractivity contribution in [2.75, 3.05) is 0 Å². The Hall–Kier alpha value is -2.59. The van der Waals surface area contributed by atoms with Crippen LogP contribution in [0.3, 0.4) is 0 Å². The van der Waals surface area contributed by atoms with Crippen LogP contribution >= 0.6 is 0 Å². The van der Waals surface area contributed by atoms with Crippen LogP contribution in [-0.2, 0) is 9.84 Å². The summed E-state index contributed by atoms with van der Waals surface area (Å²) in [6, 6.07) is 17.9. The number of rotatable bonds is 3. The van der Waals surface area contributed by atoms with Crippen molar-refractivity contribution in [2.24, 2.45) is 0 Å². The molecule has 1 heterocycles. The summed E-state index contributed by atoms with van der Waals surface area (Å²) in [5.41, 5.74) is 1.50. The lowest BCUT2D eigenvalue weighted by Gasteiger charge is -2.13. The predicted octanol–water partition coefficient (Wildman–Crippen LogP) is 3.50. The Morgan fingerprint density at radius 2 is 1.41 bits per heavy atom. The van der Waals surface area contributed by atoms with Crippen molar-refractivity contribution in [1.82, 2.24) is 5.32 Å². The van der Waals surface area contributed by atoms with Crippen molar-refractivity contribution in [2.45, 2.75) is 4.90 Å². The van der Waals surface area contributed by atoms with Crippen LogP contribution in [0.5, 0.6) is 0 Å². The predicted molar refractivity (Wildman–Crippen MR) is 88.4 cm³/mol. The zero-order chi connectivity index (χ0) is 15.4. The van der Waals surface area contributed by atoms with Crippen molar-refractivity contribution >= 4 is 15.4 Å². The Kier molecular flexibility index (Phi) is 3.94. The van der Waals surface area contributed by atoms with E-state index in [1.54, 1.807) is 42.6 Å². The second-order valence-corrected chi connectivity index (χ2v) is 6.67. The molecule has 0 saturated carbocycles. The molecule has 2 aromatic rings. The third-order valence-corrected chi connectivity index (χ3v) is 5.10. The summed E-state index contributed by atoms with van der Waals surface area (Å²) in [6.45, 7) is 0. The van der Waals surface area contributed by atoms with E-state index < -0.39 is 9.84 Å². The van der Waals surface area contributed by atoms with Crippen LogP contribution in [0.2, 0.25) is 0 Å². The van der Waals surface area contributed by atoms with Gasteiger partial charge in [0.25, 0.3) is 0 Å². The summed E-state index contributed by atoms with van der Waals surface area (Å²) in [5.74, 6) is 0. The molecule has 0 unspecified atom stereocenters. The standard InChI is InChI=1S/C18H15NO2S/c20-22(21,16-11-5-2-6-12-16)18-17(13-7-8-14-19-18)15-9-3-1-4-10-15/h1-14,19H. The molecule has 0 radical (unpaired) electrons. The number of benzene rings is 2. The molecular weight excluding hydrogens is 294 g/mol. The summed E-state index contributed by atoms with van der Waals surface area (Å²) in [4.78, 5) is 0.273. The van der Waals surface area contributed by atoms with Crippen LogP contribution in [-0.4, -0.2) is 8.42 Å². The molecule has 0 aromatic heterocycles. The number of nitrogens with one attached hydrogen (secondary N) is 1. The van der Waals surface area contributed by atoms with Gasteiger partial charge in [-0.25, -0.2) is 8.42 Å².